The highest BCUT2D eigenvalue weighted by Gasteiger charge is 2.14. The van der Waals surface area contributed by atoms with Crippen LogP contribution in [0.1, 0.15) is 13.8 Å². The van der Waals surface area contributed by atoms with E-state index in [1.165, 1.54) is 0 Å². The first-order chi connectivity index (χ1) is 9.17. The molecule has 0 fully saturated rings. The highest BCUT2D eigenvalue weighted by molar-refractivity contribution is 6.35. The van der Waals surface area contributed by atoms with Crippen LogP contribution >= 0.6 is 23.2 Å². The lowest BCUT2D eigenvalue weighted by Gasteiger charge is -2.24. The Morgan fingerprint density at radius 3 is 2.42 bits per heavy atom. The van der Waals surface area contributed by atoms with Gasteiger partial charge in [0.2, 0.25) is 5.88 Å². The van der Waals surface area contributed by atoms with E-state index in [-0.39, 0.29) is 0 Å². The molecule has 1 aromatic heterocycles. The highest BCUT2D eigenvalue weighted by Crippen LogP contribution is 2.37. The summed E-state index contributed by atoms with van der Waals surface area (Å²) in [6.07, 6.45) is 1.54. The van der Waals surface area contributed by atoms with Crippen molar-refractivity contribution in [2.24, 2.45) is 0 Å². The van der Waals surface area contributed by atoms with Crippen molar-refractivity contribution < 1.29 is 4.42 Å². The smallest absolute Gasteiger partial charge is 0.215 e. The molecular weight excluding hydrogens is 283 g/mol. The van der Waals surface area contributed by atoms with Gasteiger partial charge in [-0.15, -0.1) is 0 Å². The van der Waals surface area contributed by atoms with Crippen LogP contribution in [-0.2, 0) is 0 Å². The monoisotopic (exact) mass is 298 g/mol. The lowest BCUT2D eigenvalue weighted by Crippen LogP contribution is -2.22. The standard InChI is InChI=1S/C14H16Cl2N2O/c1-3-18(4-2)12-7-5-6-10(15)13(12)17-14-11(16)8-9-19-14/h5-9,17H,3-4H2,1-2H3. The van der Waals surface area contributed by atoms with Crippen molar-refractivity contribution in [3.63, 3.8) is 0 Å². The zero-order valence-corrected chi connectivity index (χ0v) is 12.4. The number of nitrogens with zero attached hydrogens (tertiary/aromatic N) is 1. The summed E-state index contributed by atoms with van der Waals surface area (Å²) in [6.45, 7) is 6.01. The summed E-state index contributed by atoms with van der Waals surface area (Å²) < 4.78 is 5.31. The van der Waals surface area contributed by atoms with E-state index in [4.69, 9.17) is 27.6 Å². The molecule has 0 radical (unpaired) electrons. The number of para-hydroxylation sites is 1. The maximum Gasteiger partial charge on any atom is 0.215 e. The van der Waals surface area contributed by atoms with E-state index in [9.17, 15) is 0 Å². The average Bonchev–Trinajstić information content (AvgIpc) is 2.80. The fourth-order valence-electron chi connectivity index (χ4n) is 1.96. The fourth-order valence-corrected chi connectivity index (χ4v) is 2.32. The number of rotatable bonds is 5. The summed E-state index contributed by atoms with van der Waals surface area (Å²) in [4.78, 5) is 2.21. The zero-order valence-electron chi connectivity index (χ0n) is 10.9. The molecule has 2 aromatic rings. The minimum Gasteiger partial charge on any atom is -0.447 e. The number of hydrogen-bond acceptors (Lipinski definition) is 3. The lowest BCUT2D eigenvalue weighted by atomic mass is 10.2. The molecule has 0 spiro atoms. The quantitative estimate of drug-likeness (QED) is 0.825. The van der Waals surface area contributed by atoms with E-state index in [0.29, 0.717) is 15.9 Å². The third kappa shape index (κ3) is 2.99. The summed E-state index contributed by atoms with van der Waals surface area (Å²) in [7, 11) is 0. The van der Waals surface area contributed by atoms with Gasteiger partial charge in [0, 0.05) is 13.1 Å². The summed E-state index contributed by atoms with van der Waals surface area (Å²) in [5.41, 5.74) is 1.84. The van der Waals surface area contributed by atoms with Gasteiger partial charge in [0.25, 0.3) is 0 Å². The number of anilines is 3. The Kier molecular flexibility index (Phi) is 4.61. The van der Waals surface area contributed by atoms with Crippen LogP contribution in [0.5, 0.6) is 0 Å². The topological polar surface area (TPSA) is 28.4 Å². The maximum atomic E-state index is 6.28. The largest absolute Gasteiger partial charge is 0.447 e. The van der Waals surface area contributed by atoms with Gasteiger partial charge in [-0.3, -0.25) is 0 Å². The van der Waals surface area contributed by atoms with Crippen LogP contribution in [0.2, 0.25) is 10.0 Å². The molecule has 0 saturated carbocycles. The van der Waals surface area contributed by atoms with Crippen molar-refractivity contribution in [2.75, 3.05) is 23.3 Å². The van der Waals surface area contributed by atoms with Gasteiger partial charge in [0.15, 0.2) is 0 Å². The van der Waals surface area contributed by atoms with Crippen LogP contribution in [-0.4, -0.2) is 13.1 Å². The van der Waals surface area contributed by atoms with Crippen LogP contribution in [0.25, 0.3) is 0 Å². The van der Waals surface area contributed by atoms with Gasteiger partial charge in [-0.05, 0) is 32.0 Å². The second-order valence-corrected chi connectivity index (χ2v) is 4.84. The van der Waals surface area contributed by atoms with Crippen molar-refractivity contribution in [3.8, 4) is 0 Å². The molecule has 1 heterocycles. The van der Waals surface area contributed by atoms with Gasteiger partial charge in [0.1, 0.15) is 5.02 Å². The second-order valence-electron chi connectivity index (χ2n) is 4.03. The Morgan fingerprint density at radius 2 is 1.84 bits per heavy atom. The summed E-state index contributed by atoms with van der Waals surface area (Å²) >= 11 is 12.3. The number of halogens is 2. The molecule has 1 aromatic carbocycles. The van der Waals surface area contributed by atoms with Crippen LogP contribution in [0.15, 0.2) is 34.9 Å². The summed E-state index contributed by atoms with van der Waals surface area (Å²) in [6, 6.07) is 7.49. The second kappa shape index (κ2) is 6.22. The SMILES string of the molecule is CCN(CC)c1cccc(Cl)c1Nc1occc1Cl. The first-order valence-corrected chi connectivity index (χ1v) is 6.96. The Balaban J connectivity index is 2.41. The molecule has 102 valence electrons. The van der Waals surface area contributed by atoms with E-state index in [2.05, 4.69) is 24.1 Å². The molecule has 5 heteroatoms. The lowest BCUT2D eigenvalue weighted by molar-refractivity contribution is 0.585. The average molecular weight is 299 g/mol. The molecule has 2 rings (SSSR count). The summed E-state index contributed by atoms with van der Waals surface area (Å²) in [5, 5.41) is 4.33. The van der Waals surface area contributed by atoms with E-state index in [0.717, 1.165) is 24.5 Å². The van der Waals surface area contributed by atoms with Gasteiger partial charge < -0.3 is 14.6 Å². The van der Waals surface area contributed by atoms with Crippen molar-refractivity contribution in [1.82, 2.24) is 0 Å². The molecule has 3 nitrogen and oxygen atoms in total. The minimum atomic E-state index is 0.503. The van der Waals surface area contributed by atoms with Gasteiger partial charge in [0.05, 0.1) is 22.7 Å². The number of hydrogen-bond donors (Lipinski definition) is 1. The molecule has 0 saturated heterocycles. The minimum absolute atomic E-state index is 0.503. The van der Waals surface area contributed by atoms with E-state index in [1.807, 2.05) is 18.2 Å². The van der Waals surface area contributed by atoms with Crippen molar-refractivity contribution in [3.05, 3.63) is 40.6 Å². The fraction of sp³-hybridized carbons (Fsp3) is 0.286. The van der Waals surface area contributed by atoms with Crippen molar-refractivity contribution >= 4 is 40.5 Å². The van der Waals surface area contributed by atoms with Crippen molar-refractivity contribution in [2.45, 2.75) is 13.8 Å². The molecule has 0 aliphatic rings. The van der Waals surface area contributed by atoms with Crippen LogP contribution in [0.4, 0.5) is 17.3 Å². The first-order valence-electron chi connectivity index (χ1n) is 6.20. The molecule has 0 amide bonds. The third-order valence-corrected chi connectivity index (χ3v) is 3.56. The Bertz CT molecular complexity index is 550. The molecule has 0 aliphatic heterocycles. The van der Waals surface area contributed by atoms with Gasteiger partial charge >= 0.3 is 0 Å². The van der Waals surface area contributed by atoms with Gasteiger partial charge in [-0.2, -0.15) is 0 Å². The van der Waals surface area contributed by atoms with Gasteiger partial charge in [-0.1, -0.05) is 29.3 Å². The van der Waals surface area contributed by atoms with Crippen molar-refractivity contribution in [1.29, 1.82) is 0 Å². The Labute approximate surface area is 123 Å². The number of nitrogens with one attached hydrogen (secondary N) is 1. The maximum absolute atomic E-state index is 6.28. The predicted octanol–water partition coefficient (Wildman–Crippen LogP) is 5.18. The zero-order chi connectivity index (χ0) is 13.8. The van der Waals surface area contributed by atoms with Crippen LogP contribution in [0, 0.1) is 0 Å². The molecule has 0 bridgehead atoms. The Morgan fingerprint density at radius 1 is 1.11 bits per heavy atom. The van der Waals surface area contributed by atoms with Crippen LogP contribution in [0.3, 0.4) is 0 Å². The Hall–Kier alpha value is -1.32. The summed E-state index contributed by atoms with van der Waals surface area (Å²) in [5.74, 6) is 0.503. The molecular formula is C14H16Cl2N2O. The number of benzene rings is 1. The normalized spacial score (nSPS) is 10.5. The first kappa shape index (κ1) is 14.1. The van der Waals surface area contributed by atoms with E-state index >= 15 is 0 Å². The number of furan rings is 1. The highest BCUT2D eigenvalue weighted by atomic mass is 35.5. The molecule has 0 unspecified atom stereocenters. The molecule has 19 heavy (non-hydrogen) atoms. The predicted molar refractivity (Wildman–Crippen MR) is 82.0 cm³/mol. The van der Waals surface area contributed by atoms with E-state index < -0.39 is 0 Å². The molecule has 1 N–H and O–H groups in total. The third-order valence-electron chi connectivity index (χ3n) is 2.95. The van der Waals surface area contributed by atoms with E-state index in [1.54, 1.807) is 12.3 Å². The van der Waals surface area contributed by atoms with Gasteiger partial charge in [-0.25, -0.2) is 0 Å². The molecule has 0 atom stereocenters. The molecule has 0 aliphatic carbocycles. The van der Waals surface area contributed by atoms with Crippen LogP contribution < -0.4 is 10.2 Å².